The van der Waals surface area contributed by atoms with Crippen LogP contribution in [-0.2, 0) is 11.2 Å². The lowest BCUT2D eigenvalue weighted by Gasteiger charge is -2.16. The average molecular weight is 334 g/mol. The molecule has 0 aromatic heterocycles. The number of fused-ring (bicyclic) bond motifs is 1. The second kappa shape index (κ2) is 7.13. The van der Waals surface area contributed by atoms with E-state index in [0.717, 1.165) is 24.5 Å². The Labute approximate surface area is 145 Å². The van der Waals surface area contributed by atoms with E-state index in [4.69, 9.17) is 0 Å². The van der Waals surface area contributed by atoms with Gasteiger partial charge in [0.05, 0.1) is 0 Å². The van der Waals surface area contributed by atoms with E-state index in [-0.39, 0.29) is 17.6 Å². The van der Waals surface area contributed by atoms with Crippen LogP contribution in [0.25, 0.3) is 0 Å². The maximum Gasteiger partial charge on any atom is 0.255 e. The highest BCUT2D eigenvalue weighted by Gasteiger charge is 2.18. The van der Waals surface area contributed by atoms with Crippen molar-refractivity contribution in [2.45, 2.75) is 19.3 Å². The third-order valence-corrected chi connectivity index (χ3v) is 4.10. The summed E-state index contributed by atoms with van der Waals surface area (Å²) in [5.41, 5.74) is 3.23. The van der Waals surface area contributed by atoms with Crippen molar-refractivity contribution in [2.75, 3.05) is 10.6 Å². The molecule has 0 fully saturated rings. The van der Waals surface area contributed by atoms with Gasteiger partial charge in [0, 0.05) is 28.9 Å². The lowest BCUT2D eigenvalue weighted by atomic mass is 9.90. The quantitative estimate of drug-likeness (QED) is 0.839. The first kappa shape index (κ1) is 16.6. The Kier molecular flexibility index (Phi) is 4.75. The largest absolute Gasteiger partial charge is 0.323 e. The fraction of sp³-hybridized carbons (Fsp3) is 0.150. The highest BCUT2D eigenvalue weighted by Crippen LogP contribution is 2.24. The van der Waals surface area contributed by atoms with E-state index in [9.17, 15) is 14.4 Å². The van der Waals surface area contributed by atoms with Crippen molar-refractivity contribution in [2.24, 2.45) is 0 Å². The van der Waals surface area contributed by atoms with E-state index >= 15 is 0 Å². The lowest BCUT2D eigenvalue weighted by molar-refractivity contribution is -0.111. The first-order valence-corrected chi connectivity index (χ1v) is 8.08. The van der Waals surface area contributed by atoms with Crippen LogP contribution in [0.2, 0.25) is 0 Å². The number of hydrogen-bond acceptors (Lipinski definition) is 3. The lowest BCUT2D eigenvalue weighted by Crippen LogP contribution is -2.15. The van der Waals surface area contributed by atoms with E-state index in [0.29, 0.717) is 28.9 Å². The molecule has 0 radical (unpaired) electrons. The molecule has 0 unspecified atom stereocenters. The molecule has 5 heteroatoms. The fourth-order valence-electron chi connectivity index (χ4n) is 2.84. The fourth-order valence-corrected chi connectivity index (χ4v) is 2.84. The average Bonchev–Trinajstić information content (AvgIpc) is 2.62. The normalized spacial score (nSPS) is 12.9. The van der Waals surface area contributed by atoms with Gasteiger partial charge in [-0.25, -0.2) is 0 Å². The van der Waals surface area contributed by atoms with Gasteiger partial charge in [-0.3, -0.25) is 14.4 Å². The number of carbonyl (C=O) groups excluding carboxylic acids is 3. The maximum atomic E-state index is 12.4. The molecule has 1 aliphatic rings. The van der Waals surface area contributed by atoms with E-state index in [1.54, 1.807) is 36.4 Å². The van der Waals surface area contributed by atoms with Crippen molar-refractivity contribution in [3.05, 3.63) is 71.8 Å². The molecule has 5 nitrogen and oxygen atoms in total. The van der Waals surface area contributed by atoms with Gasteiger partial charge >= 0.3 is 0 Å². The molecule has 2 N–H and O–H groups in total. The highest BCUT2D eigenvalue weighted by molar-refractivity contribution is 6.07. The Morgan fingerprint density at radius 3 is 2.60 bits per heavy atom. The van der Waals surface area contributed by atoms with Crippen LogP contribution in [0.15, 0.2) is 55.1 Å². The molecule has 0 aliphatic heterocycles. The second-order valence-corrected chi connectivity index (χ2v) is 5.88. The summed E-state index contributed by atoms with van der Waals surface area (Å²) in [6.45, 7) is 3.39. The molecule has 3 rings (SSSR count). The molecule has 1 aliphatic carbocycles. The molecule has 0 heterocycles. The van der Waals surface area contributed by atoms with E-state index in [2.05, 4.69) is 17.2 Å². The molecule has 25 heavy (non-hydrogen) atoms. The van der Waals surface area contributed by atoms with Gasteiger partial charge < -0.3 is 10.6 Å². The number of aryl methyl sites for hydroxylation is 1. The molecule has 0 saturated heterocycles. The van der Waals surface area contributed by atoms with Crippen LogP contribution in [0.4, 0.5) is 11.4 Å². The van der Waals surface area contributed by atoms with E-state index in [1.807, 2.05) is 6.07 Å². The molecule has 0 atom stereocenters. The Morgan fingerprint density at radius 1 is 1.00 bits per heavy atom. The number of hydrogen-bond donors (Lipinski definition) is 2. The molecule has 0 spiro atoms. The summed E-state index contributed by atoms with van der Waals surface area (Å²) >= 11 is 0. The molecule has 2 aromatic carbocycles. The van der Waals surface area contributed by atoms with Gasteiger partial charge in [-0.2, -0.15) is 0 Å². The van der Waals surface area contributed by atoms with E-state index < -0.39 is 0 Å². The Balaban J connectivity index is 1.77. The Morgan fingerprint density at radius 2 is 1.80 bits per heavy atom. The molecule has 126 valence electrons. The van der Waals surface area contributed by atoms with Crippen molar-refractivity contribution in [1.29, 1.82) is 0 Å². The van der Waals surface area contributed by atoms with Gasteiger partial charge in [-0.15, -0.1) is 0 Å². The molecule has 2 aromatic rings. The third-order valence-electron chi connectivity index (χ3n) is 4.10. The van der Waals surface area contributed by atoms with Crippen LogP contribution >= 0.6 is 0 Å². The van der Waals surface area contributed by atoms with Crippen molar-refractivity contribution < 1.29 is 14.4 Å². The minimum atomic E-state index is -0.342. The summed E-state index contributed by atoms with van der Waals surface area (Å²) in [7, 11) is 0. The van der Waals surface area contributed by atoms with Gasteiger partial charge in [0.15, 0.2) is 5.78 Å². The number of rotatable bonds is 4. The zero-order valence-electron chi connectivity index (χ0n) is 13.7. The summed E-state index contributed by atoms with van der Waals surface area (Å²) in [5, 5.41) is 5.42. The smallest absolute Gasteiger partial charge is 0.255 e. The van der Waals surface area contributed by atoms with Crippen molar-refractivity contribution in [3.8, 4) is 0 Å². The summed E-state index contributed by atoms with van der Waals surface area (Å²) in [4.78, 5) is 35.8. The number of amides is 2. The maximum absolute atomic E-state index is 12.4. The second-order valence-electron chi connectivity index (χ2n) is 5.88. The molecule has 0 bridgehead atoms. The van der Waals surface area contributed by atoms with Crippen molar-refractivity contribution in [1.82, 2.24) is 0 Å². The number of ketones is 1. The van der Waals surface area contributed by atoms with Gasteiger partial charge in [-0.1, -0.05) is 18.7 Å². The summed E-state index contributed by atoms with van der Waals surface area (Å²) < 4.78 is 0. The number of anilines is 2. The van der Waals surface area contributed by atoms with E-state index in [1.165, 1.54) is 0 Å². The molecule has 0 saturated carbocycles. The van der Waals surface area contributed by atoms with Gasteiger partial charge in [0.1, 0.15) is 0 Å². The van der Waals surface area contributed by atoms with Crippen LogP contribution in [0.3, 0.4) is 0 Å². The summed E-state index contributed by atoms with van der Waals surface area (Å²) in [6.07, 6.45) is 3.48. The minimum absolute atomic E-state index is 0.117. The standard InChI is InChI=1S/C20H18N2O3/c1-2-19(24)21-15-7-3-6-14(11-15)20(25)22-16-10-9-13-5-4-8-18(23)17(13)12-16/h2-3,6-7,9-12H,1,4-5,8H2,(H,21,24)(H,22,25). The van der Waals surface area contributed by atoms with Crippen molar-refractivity contribution in [3.63, 3.8) is 0 Å². The van der Waals surface area contributed by atoms with Crippen LogP contribution in [0.1, 0.15) is 39.1 Å². The van der Waals surface area contributed by atoms with Crippen LogP contribution in [0.5, 0.6) is 0 Å². The van der Waals surface area contributed by atoms with Crippen LogP contribution in [0, 0.1) is 0 Å². The zero-order valence-corrected chi connectivity index (χ0v) is 13.7. The zero-order chi connectivity index (χ0) is 17.8. The SMILES string of the molecule is C=CC(=O)Nc1cccc(C(=O)Nc2ccc3c(c2)C(=O)CCC3)c1. The summed E-state index contributed by atoms with van der Waals surface area (Å²) in [5.74, 6) is -0.532. The first-order chi connectivity index (χ1) is 12.1. The number of Topliss-reactive ketones (excluding diaryl/α,β-unsaturated/α-hetero) is 1. The Hall–Kier alpha value is -3.21. The molecule has 2 amide bonds. The van der Waals surface area contributed by atoms with Gasteiger partial charge in [0.25, 0.3) is 5.91 Å². The number of carbonyl (C=O) groups is 3. The topological polar surface area (TPSA) is 75.3 Å². The van der Waals surface area contributed by atoms with Crippen molar-refractivity contribution >= 4 is 29.0 Å². The highest BCUT2D eigenvalue weighted by atomic mass is 16.2. The van der Waals surface area contributed by atoms with Crippen LogP contribution in [-0.4, -0.2) is 17.6 Å². The first-order valence-electron chi connectivity index (χ1n) is 8.08. The Bertz CT molecular complexity index is 871. The predicted octanol–water partition coefficient (Wildman–Crippen LogP) is 3.58. The van der Waals surface area contributed by atoms with Crippen LogP contribution < -0.4 is 10.6 Å². The summed E-state index contributed by atoms with van der Waals surface area (Å²) in [6, 6.07) is 12.0. The molecular formula is C20H18N2O3. The third kappa shape index (κ3) is 3.83. The van der Waals surface area contributed by atoms with Gasteiger partial charge in [-0.05, 0) is 54.8 Å². The minimum Gasteiger partial charge on any atom is -0.323 e. The number of nitrogens with one attached hydrogen (secondary N) is 2. The molecular weight excluding hydrogens is 316 g/mol. The number of benzene rings is 2. The van der Waals surface area contributed by atoms with Gasteiger partial charge in [0.2, 0.25) is 5.91 Å². The predicted molar refractivity (Wildman–Crippen MR) is 96.9 cm³/mol. The monoisotopic (exact) mass is 334 g/mol.